The van der Waals surface area contributed by atoms with Crippen LogP contribution in [0.1, 0.15) is 29.8 Å². The molecule has 5 heteroatoms. The third-order valence-electron chi connectivity index (χ3n) is 4.05. The lowest BCUT2D eigenvalue weighted by Crippen LogP contribution is -2.55. The highest BCUT2D eigenvalue weighted by Crippen LogP contribution is 2.15. The summed E-state index contributed by atoms with van der Waals surface area (Å²) in [5.41, 5.74) is 1.60. The van der Waals surface area contributed by atoms with Crippen molar-refractivity contribution in [3.05, 3.63) is 35.4 Å². The molecular formula is C17H26N2O3. The largest absolute Gasteiger partial charge is 0.380 e. The van der Waals surface area contributed by atoms with Crippen molar-refractivity contribution in [1.82, 2.24) is 10.2 Å². The quantitative estimate of drug-likeness (QED) is 0.869. The lowest BCUT2D eigenvalue weighted by Gasteiger charge is -2.40. The van der Waals surface area contributed by atoms with Crippen LogP contribution in [0.4, 0.5) is 0 Å². The van der Waals surface area contributed by atoms with Crippen molar-refractivity contribution < 1.29 is 14.3 Å². The number of methoxy groups -OCH3 is 1. The van der Waals surface area contributed by atoms with Gasteiger partial charge in [0, 0.05) is 37.8 Å². The Labute approximate surface area is 132 Å². The maximum absolute atomic E-state index is 12.3. The average Bonchev–Trinajstić information content (AvgIpc) is 2.54. The second kappa shape index (κ2) is 7.72. The topological polar surface area (TPSA) is 50.8 Å². The standard InChI is InChI=1S/C17H26N2O3/c1-17(2,19-7-9-22-10-8-19)13-18-16(20)15-6-4-5-14(11-15)12-21-3/h4-6,11H,7-10,12-13H2,1-3H3,(H,18,20). The molecule has 0 aliphatic carbocycles. The van der Waals surface area contributed by atoms with Crippen LogP contribution in [0.2, 0.25) is 0 Å². The monoisotopic (exact) mass is 306 g/mol. The Balaban J connectivity index is 1.92. The van der Waals surface area contributed by atoms with Crippen molar-refractivity contribution in [3.8, 4) is 0 Å². The molecule has 0 bridgehead atoms. The van der Waals surface area contributed by atoms with E-state index in [2.05, 4.69) is 24.1 Å². The van der Waals surface area contributed by atoms with E-state index in [1.165, 1.54) is 0 Å². The van der Waals surface area contributed by atoms with Crippen LogP contribution in [-0.2, 0) is 16.1 Å². The van der Waals surface area contributed by atoms with Crippen LogP contribution < -0.4 is 5.32 Å². The Morgan fingerprint density at radius 2 is 2.09 bits per heavy atom. The van der Waals surface area contributed by atoms with Gasteiger partial charge in [-0.05, 0) is 31.5 Å². The molecule has 1 aromatic carbocycles. The first-order valence-electron chi connectivity index (χ1n) is 7.72. The summed E-state index contributed by atoms with van der Waals surface area (Å²) >= 11 is 0. The first-order chi connectivity index (χ1) is 10.5. The summed E-state index contributed by atoms with van der Waals surface area (Å²) in [6.07, 6.45) is 0. The molecule has 0 atom stereocenters. The number of hydrogen-bond acceptors (Lipinski definition) is 4. The summed E-state index contributed by atoms with van der Waals surface area (Å²) in [4.78, 5) is 14.7. The van der Waals surface area contributed by atoms with Gasteiger partial charge in [-0.15, -0.1) is 0 Å². The van der Waals surface area contributed by atoms with Gasteiger partial charge in [-0.2, -0.15) is 0 Å². The number of amides is 1. The number of carbonyl (C=O) groups is 1. The van der Waals surface area contributed by atoms with Crippen LogP contribution in [-0.4, -0.2) is 56.3 Å². The molecule has 5 nitrogen and oxygen atoms in total. The van der Waals surface area contributed by atoms with Gasteiger partial charge in [-0.1, -0.05) is 12.1 Å². The normalized spacial score (nSPS) is 16.5. The maximum atomic E-state index is 12.3. The number of nitrogens with one attached hydrogen (secondary N) is 1. The molecule has 1 fully saturated rings. The third kappa shape index (κ3) is 4.53. The number of hydrogen-bond donors (Lipinski definition) is 1. The van der Waals surface area contributed by atoms with E-state index in [0.717, 1.165) is 31.9 Å². The minimum Gasteiger partial charge on any atom is -0.380 e. The van der Waals surface area contributed by atoms with Crippen molar-refractivity contribution in [3.63, 3.8) is 0 Å². The molecule has 0 radical (unpaired) electrons. The van der Waals surface area contributed by atoms with Crippen LogP contribution in [0.3, 0.4) is 0 Å². The third-order valence-corrected chi connectivity index (χ3v) is 4.05. The van der Waals surface area contributed by atoms with E-state index < -0.39 is 0 Å². The summed E-state index contributed by atoms with van der Waals surface area (Å²) < 4.78 is 10.5. The molecule has 0 unspecified atom stereocenters. The van der Waals surface area contributed by atoms with E-state index in [-0.39, 0.29) is 11.4 Å². The second-order valence-electron chi connectivity index (χ2n) is 6.23. The van der Waals surface area contributed by atoms with Gasteiger partial charge in [0.1, 0.15) is 0 Å². The van der Waals surface area contributed by atoms with Gasteiger partial charge >= 0.3 is 0 Å². The smallest absolute Gasteiger partial charge is 0.251 e. The zero-order valence-electron chi connectivity index (χ0n) is 13.7. The van der Waals surface area contributed by atoms with Crippen LogP contribution in [0, 0.1) is 0 Å². The molecule has 122 valence electrons. The first kappa shape index (κ1) is 16.9. The van der Waals surface area contributed by atoms with Gasteiger partial charge in [0.25, 0.3) is 5.91 Å². The SMILES string of the molecule is COCc1cccc(C(=O)NCC(C)(C)N2CCOCC2)c1. The van der Waals surface area contributed by atoms with Crippen LogP contribution in [0.5, 0.6) is 0 Å². The predicted octanol–water partition coefficient (Wildman–Crippen LogP) is 1.67. The maximum Gasteiger partial charge on any atom is 0.251 e. The highest BCUT2D eigenvalue weighted by molar-refractivity contribution is 5.94. The van der Waals surface area contributed by atoms with Crippen LogP contribution >= 0.6 is 0 Å². The summed E-state index contributed by atoms with van der Waals surface area (Å²) in [6, 6.07) is 7.55. The Morgan fingerprint density at radius 3 is 2.77 bits per heavy atom. The number of rotatable bonds is 6. The molecule has 0 spiro atoms. The summed E-state index contributed by atoms with van der Waals surface area (Å²) in [5, 5.41) is 3.04. The Kier molecular flexibility index (Phi) is 5.94. The Morgan fingerprint density at radius 1 is 1.36 bits per heavy atom. The van der Waals surface area contributed by atoms with Crippen LogP contribution in [0.15, 0.2) is 24.3 Å². The predicted molar refractivity (Wildman–Crippen MR) is 86.0 cm³/mol. The molecular weight excluding hydrogens is 280 g/mol. The van der Waals surface area contributed by atoms with Crippen molar-refractivity contribution in [2.45, 2.75) is 26.0 Å². The van der Waals surface area contributed by atoms with Crippen molar-refractivity contribution >= 4 is 5.91 Å². The molecule has 1 aromatic rings. The number of ether oxygens (including phenoxy) is 2. The van der Waals surface area contributed by atoms with E-state index in [1.807, 2.05) is 24.3 Å². The van der Waals surface area contributed by atoms with Crippen molar-refractivity contribution in [1.29, 1.82) is 0 Å². The van der Waals surface area contributed by atoms with Gasteiger partial charge in [-0.3, -0.25) is 9.69 Å². The highest BCUT2D eigenvalue weighted by Gasteiger charge is 2.28. The summed E-state index contributed by atoms with van der Waals surface area (Å²) in [6.45, 7) is 8.77. The van der Waals surface area contributed by atoms with Gasteiger partial charge in [0.05, 0.1) is 19.8 Å². The molecule has 0 aromatic heterocycles. The fourth-order valence-electron chi connectivity index (χ4n) is 2.65. The minimum atomic E-state index is -0.0798. The number of nitrogens with zero attached hydrogens (tertiary/aromatic N) is 1. The fourth-order valence-corrected chi connectivity index (χ4v) is 2.65. The van der Waals surface area contributed by atoms with E-state index in [4.69, 9.17) is 9.47 Å². The Bertz CT molecular complexity index is 496. The fraction of sp³-hybridized carbons (Fsp3) is 0.588. The van der Waals surface area contributed by atoms with Gasteiger partial charge in [0.15, 0.2) is 0 Å². The minimum absolute atomic E-state index is 0.0423. The molecule has 1 aliphatic heterocycles. The highest BCUT2D eigenvalue weighted by atomic mass is 16.5. The number of morpholine rings is 1. The molecule has 1 aliphatic rings. The molecule has 0 saturated carbocycles. The lowest BCUT2D eigenvalue weighted by atomic mass is 10.0. The van der Waals surface area contributed by atoms with Gasteiger partial charge in [-0.25, -0.2) is 0 Å². The van der Waals surface area contributed by atoms with Gasteiger partial charge in [0.2, 0.25) is 0 Å². The summed E-state index contributed by atoms with van der Waals surface area (Å²) in [5.74, 6) is -0.0423. The van der Waals surface area contributed by atoms with Crippen molar-refractivity contribution in [2.75, 3.05) is 40.0 Å². The zero-order chi connectivity index (χ0) is 16.0. The number of carbonyl (C=O) groups excluding carboxylic acids is 1. The van der Waals surface area contributed by atoms with Crippen LogP contribution in [0.25, 0.3) is 0 Å². The number of benzene rings is 1. The lowest BCUT2D eigenvalue weighted by molar-refractivity contribution is -0.00923. The zero-order valence-corrected chi connectivity index (χ0v) is 13.7. The van der Waals surface area contributed by atoms with Gasteiger partial charge < -0.3 is 14.8 Å². The molecule has 1 amide bonds. The second-order valence-corrected chi connectivity index (χ2v) is 6.23. The molecule has 1 N–H and O–H groups in total. The van der Waals surface area contributed by atoms with E-state index >= 15 is 0 Å². The Hall–Kier alpha value is -1.43. The molecule has 1 heterocycles. The molecule has 2 rings (SSSR count). The van der Waals surface area contributed by atoms with E-state index in [0.29, 0.717) is 18.7 Å². The molecule has 22 heavy (non-hydrogen) atoms. The summed E-state index contributed by atoms with van der Waals surface area (Å²) in [7, 11) is 1.65. The first-order valence-corrected chi connectivity index (χ1v) is 7.72. The van der Waals surface area contributed by atoms with E-state index in [9.17, 15) is 4.79 Å². The average molecular weight is 306 g/mol. The van der Waals surface area contributed by atoms with E-state index in [1.54, 1.807) is 7.11 Å². The molecule has 1 saturated heterocycles. The van der Waals surface area contributed by atoms with Crippen molar-refractivity contribution in [2.24, 2.45) is 0 Å².